The van der Waals surface area contributed by atoms with Gasteiger partial charge in [-0.15, -0.1) is 0 Å². The minimum atomic E-state index is -1.03. The first-order valence-electron chi connectivity index (χ1n) is 4.89. The Balaban J connectivity index is 2.68. The standard InChI is InChI=1S/C11H15NO4/c1-15-5-2-6-16-10-7-8(12)3-4-9(10)11(13)14/h3-4,7H,2,5-6,12H2,1H3,(H,13,14). The lowest BCUT2D eigenvalue weighted by molar-refractivity contribution is 0.0692. The predicted octanol–water partition coefficient (Wildman–Crippen LogP) is 1.38. The van der Waals surface area contributed by atoms with Crippen molar-refractivity contribution < 1.29 is 19.4 Å². The second kappa shape index (κ2) is 5.97. The van der Waals surface area contributed by atoms with Crippen molar-refractivity contribution in [3.63, 3.8) is 0 Å². The number of carbonyl (C=O) groups is 1. The molecule has 0 aliphatic heterocycles. The molecule has 1 aromatic carbocycles. The summed E-state index contributed by atoms with van der Waals surface area (Å²) in [7, 11) is 1.60. The summed E-state index contributed by atoms with van der Waals surface area (Å²) in [6.07, 6.45) is 0.699. The summed E-state index contributed by atoms with van der Waals surface area (Å²) in [6, 6.07) is 4.48. The number of rotatable bonds is 6. The van der Waals surface area contributed by atoms with E-state index in [1.807, 2.05) is 0 Å². The highest BCUT2D eigenvalue weighted by Gasteiger charge is 2.11. The Bertz CT molecular complexity index is 365. The van der Waals surface area contributed by atoms with Crippen LogP contribution in [-0.2, 0) is 4.74 Å². The minimum Gasteiger partial charge on any atom is -0.493 e. The van der Waals surface area contributed by atoms with Crippen LogP contribution in [0.5, 0.6) is 5.75 Å². The number of hydrogen-bond donors (Lipinski definition) is 2. The van der Waals surface area contributed by atoms with Crippen LogP contribution < -0.4 is 10.5 Å². The Morgan fingerprint density at radius 2 is 2.19 bits per heavy atom. The molecule has 0 fully saturated rings. The maximum atomic E-state index is 10.9. The Morgan fingerprint density at radius 1 is 1.44 bits per heavy atom. The van der Waals surface area contributed by atoms with E-state index in [9.17, 15) is 4.79 Å². The molecule has 0 unspecified atom stereocenters. The van der Waals surface area contributed by atoms with Crippen LogP contribution in [0.25, 0.3) is 0 Å². The van der Waals surface area contributed by atoms with E-state index in [1.165, 1.54) is 18.2 Å². The van der Waals surface area contributed by atoms with Gasteiger partial charge in [-0.25, -0.2) is 4.79 Å². The van der Waals surface area contributed by atoms with Gasteiger partial charge in [-0.05, 0) is 12.1 Å². The van der Waals surface area contributed by atoms with Gasteiger partial charge in [0, 0.05) is 31.9 Å². The van der Waals surface area contributed by atoms with Crippen molar-refractivity contribution in [2.45, 2.75) is 6.42 Å². The third-order valence-electron chi connectivity index (χ3n) is 1.99. The third kappa shape index (κ3) is 3.43. The SMILES string of the molecule is COCCCOc1cc(N)ccc1C(=O)O. The maximum Gasteiger partial charge on any atom is 0.339 e. The molecular formula is C11H15NO4. The zero-order valence-electron chi connectivity index (χ0n) is 9.10. The summed E-state index contributed by atoms with van der Waals surface area (Å²) in [5.74, 6) is -0.731. The van der Waals surface area contributed by atoms with Crippen LogP contribution in [0, 0.1) is 0 Å². The molecule has 0 amide bonds. The van der Waals surface area contributed by atoms with Gasteiger partial charge >= 0.3 is 5.97 Å². The van der Waals surface area contributed by atoms with Gasteiger partial charge < -0.3 is 20.3 Å². The molecule has 0 saturated heterocycles. The highest BCUT2D eigenvalue weighted by Crippen LogP contribution is 2.21. The van der Waals surface area contributed by atoms with Gasteiger partial charge in [-0.2, -0.15) is 0 Å². The number of benzene rings is 1. The van der Waals surface area contributed by atoms with Gasteiger partial charge in [0.15, 0.2) is 0 Å². The molecule has 16 heavy (non-hydrogen) atoms. The highest BCUT2D eigenvalue weighted by molar-refractivity contribution is 5.91. The van der Waals surface area contributed by atoms with Gasteiger partial charge in [-0.1, -0.05) is 0 Å². The van der Waals surface area contributed by atoms with Crippen LogP contribution in [0.4, 0.5) is 5.69 Å². The first-order chi connectivity index (χ1) is 7.65. The van der Waals surface area contributed by atoms with E-state index >= 15 is 0 Å². The van der Waals surface area contributed by atoms with Crippen LogP contribution >= 0.6 is 0 Å². The molecule has 0 atom stereocenters. The van der Waals surface area contributed by atoms with E-state index in [0.29, 0.717) is 31.1 Å². The second-order valence-corrected chi connectivity index (χ2v) is 3.26. The smallest absolute Gasteiger partial charge is 0.339 e. The van der Waals surface area contributed by atoms with E-state index < -0.39 is 5.97 Å². The zero-order chi connectivity index (χ0) is 12.0. The molecule has 1 aromatic rings. The van der Waals surface area contributed by atoms with E-state index in [0.717, 1.165) is 0 Å². The van der Waals surface area contributed by atoms with Gasteiger partial charge in [0.25, 0.3) is 0 Å². The summed E-state index contributed by atoms with van der Waals surface area (Å²) in [5.41, 5.74) is 6.16. The molecule has 5 heteroatoms. The summed E-state index contributed by atoms with van der Waals surface area (Å²) >= 11 is 0. The van der Waals surface area contributed by atoms with Crippen LogP contribution in [0.15, 0.2) is 18.2 Å². The predicted molar refractivity (Wildman–Crippen MR) is 59.8 cm³/mol. The number of hydrogen-bond acceptors (Lipinski definition) is 4. The maximum absolute atomic E-state index is 10.9. The van der Waals surface area contributed by atoms with E-state index in [-0.39, 0.29) is 5.56 Å². The van der Waals surface area contributed by atoms with Crippen LogP contribution in [0.1, 0.15) is 16.8 Å². The Morgan fingerprint density at radius 3 is 2.81 bits per heavy atom. The number of carboxylic acid groups (broad SMARTS) is 1. The summed E-state index contributed by atoms with van der Waals surface area (Å²) in [4.78, 5) is 10.9. The van der Waals surface area contributed by atoms with Crippen LogP contribution in [-0.4, -0.2) is 31.4 Å². The Labute approximate surface area is 93.8 Å². The molecule has 3 N–H and O–H groups in total. The fourth-order valence-electron chi connectivity index (χ4n) is 1.22. The number of aromatic carboxylic acids is 1. The van der Waals surface area contributed by atoms with Gasteiger partial charge in [0.05, 0.1) is 6.61 Å². The van der Waals surface area contributed by atoms with Crippen molar-refractivity contribution in [1.82, 2.24) is 0 Å². The van der Waals surface area contributed by atoms with Crippen molar-refractivity contribution in [2.24, 2.45) is 0 Å². The molecular weight excluding hydrogens is 210 g/mol. The average molecular weight is 225 g/mol. The monoisotopic (exact) mass is 225 g/mol. The first-order valence-corrected chi connectivity index (χ1v) is 4.89. The van der Waals surface area contributed by atoms with Crippen molar-refractivity contribution in [2.75, 3.05) is 26.1 Å². The lowest BCUT2D eigenvalue weighted by Gasteiger charge is -2.09. The van der Waals surface area contributed by atoms with E-state index in [1.54, 1.807) is 7.11 Å². The molecule has 0 radical (unpaired) electrons. The molecule has 0 aliphatic rings. The average Bonchev–Trinajstić information content (AvgIpc) is 2.24. The van der Waals surface area contributed by atoms with Crippen molar-refractivity contribution in [3.8, 4) is 5.75 Å². The molecule has 0 bridgehead atoms. The van der Waals surface area contributed by atoms with Crippen LogP contribution in [0.2, 0.25) is 0 Å². The molecule has 0 saturated carbocycles. The summed E-state index contributed by atoms with van der Waals surface area (Å²) in [5, 5.41) is 8.91. The van der Waals surface area contributed by atoms with Crippen LogP contribution in [0.3, 0.4) is 0 Å². The largest absolute Gasteiger partial charge is 0.493 e. The Kier molecular flexibility index (Phi) is 4.60. The molecule has 0 aliphatic carbocycles. The summed E-state index contributed by atoms with van der Waals surface area (Å²) < 4.78 is 10.2. The fourth-order valence-corrected chi connectivity index (χ4v) is 1.22. The fraction of sp³-hybridized carbons (Fsp3) is 0.364. The number of methoxy groups -OCH3 is 1. The molecule has 0 heterocycles. The minimum absolute atomic E-state index is 0.117. The number of anilines is 1. The molecule has 0 aromatic heterocycles. The van der Waals surface area contributed by atoms with Crippen molar-refractivity contribution in [3.05, 3.63) is 23.8 Å². The van der Waals surface area contributed by atoms with Crippen molar-refractivity contribution in [1.29, 1.82) is 0 Å². The number of nitrogens with two attached hydrogens (primary N) is 1. The number of nitrogen functional groups attached to an aromatic ring is 1. The highest BCUT2D eigenvalue weighted by atomic mass is 16.5. The van der Waals surface area contributed by atoms with E-state index in [4.69, 9.17) is 20.3 Å². The molecule has 88 valence electrons. The normalized spacial score (nSPS) is 10.1. The third-order valence-corrected chi connectivity index (χ3v) is 1.99. The lowest BCUT2D eigenvalue weighted by Crippen LogP contribution is -2.06. The topological polar surface area (TPSA) is 81.8 Å². The first kappa shape index (κ1) is 12.3. The van der Waals surface area contributed by atoms with Crippen molar-refractivity contribution >= 4 is 11.7 Å². The quantitative estimate of drug-likeness (QED) is 0.564. The lowest BCUT2D eigenvalue weighted by atomic mass is 10.2. The second-order valence-electron chi connectivity index (χ2n) is 3.26. The van der Waals surface area contributed by atoms with Gasteiger partial charge in [0.2, 0.25) is 0 Å². The Hall–Kier alpha value is -1.75. The van der Waals surface area contributed by atoms with Gasteiger partial charge in [0.1, 0.15) is 11.3 Å². The van der Waals surface area contributed by atoms with Gasteiger partial charge in [-0.3, -0.25) is 0 Å². The van der Waals surface area contributed by atoms with E-state index in [2.05, 4.69) is 0 Å². The number of ether oxygens (including phenoxy) is 2. The molecule has 1 rings (SSSR count). The summed E-state index contributed by atoms with van der Waals surface area (Å²) in [6.45, 7) is 0.974. The number of carboxylic acids is 1. The molecule has 5 nitrogen and oxygen atoms in total. The zero-order valence-corrected chi connectivity index (χ0v) is 9.10. The molecule has 0 spiro atoms.